The molecule has 7 nitrogen and oxygen atoms in total. The first-order valence-corrected chi connectivity index (χ1v) is 11.7. The average Bonchev–Trinajstić information content (AvgIpc) is 3.38. The second kappa shape index (κ2) is 9.17. The molecule has 3 aromatic rings. The molecule has 1 saturated heterocycles. The minimum atomic E-state index is -0.325. The van der Waals surface area contributed by atoms with Gasteiger partial charge in [-0.1, -0.05) is 30.3 Å². The molecule has 3 heterocycles. The van der Waals surface area contributed by atoms with Crippen molar-refractivity contribution in [2.75, 3.05) is 37.6 Å². The number of aryl methyl sites for hydroxylation is 1. The first-order valence-electron chi connectivity index (χ1n) is 11.7. The third-order valence-corrected chi connectivity index (χ3v) is 6.67. The molecule has 0 spiro atoms. The average molecular weight is 447 g/mol. The molecule has 5 rings (SSSR count). The van der Waals surface area contributed by atoms with Gasteiger partial charge >= 0.3 is 6.09 Å². The second-order valence-electron chi connectivity index (χ2n) is 8.76. The van der Waals surface area contributed by atoms with Gasteiger partial charge in [0.05, 0.1) is 17.6 Å². The van der Waals surface area contributed by atoms with E-state index in [9.17, 15) is 9.90 Å². The third-order valence-electron chi connectivity index (χ3n) is 6.67. The van der Waals surface area contributed by atoms with Gasteiger partial charge in [-0.15, -0.1) is 0 Å². The lowest BCUT2D eigenvalue weighted by molar-refractivity contribution is 0.0987. The lowest BCUT2D eigenvalue weighted by atomic mass is 10.0. The van der Waals surface area contributed by atoms with Crippen LogP contribution in [0, 0.1) is 0 Å². The highest BCUT2D eigenvalue weighted by molar-refractivity contribution is 6.14. The summed E-state index contributed by atoms with van der Waals surface area (Å²) in [7, 11) is 1.88. The standard InChI is InChI=1S/C26H30N4O3/c1-28-23-10-9-20(29-13-5-6-14-29)17-21(23)24(25(28)31)22-11-15-30(16-12-27-22)26(32)33-18-19-7-3-2-4-8-19/h2-4,7-10,17,31H,5-6,11-16,18H2,1H3. The maximum Gasteiger partial charge on any atom is 0.410 e. The molecule has 172 valence electrons. The lowest BCUT2D eigenvalue weighted by Crippen LogP contribution is -2.34. The van der Waals surface area contributed by atoms with Crippen LogP contribution in [0.4, 0.5) is 10.5 Å². The molecule has 0 atom stereocenters. The SMILES string of the molecule is Cn1c(O)c(C2=NCCN(C(=O)OCc3ccccc3)CC2)c2cc(N3CCCC3)ccc21. The van der Waals surface area contributed by atoms with Crippen molar-refractivity contribution >= 4 is 28.4 Å². The Bertz CT molecular complexity index is 1180. The summed E-state index contributed by atoms with van der Waals surface area (Å²) < 4.78 is 7.33. The van der Waals surface area contributed by atoms with Gasteiger partial charge in [-0.3, -0.25) is 4.99 Å². The van der Waals surface area contributed by atoms with Crippen LogP contribution in [0.2, 0.25) is 0 Å². The van der Waals surface area contributed by atoms with Gasteiger partial charge in [0.2, 0.25) is 5.88 Å². The summed E-state index contributed by atoms with van der Waals surface area (Å²) in [5.41, 5.74) is 4.76. The van der Waals surface area contributed by atoms with Gasteiger partial charge in [0.25, 0.3) is 0 Å². The number of fused-ring (bicyclic) bond motifs is 1. The Morgan fingerprint density at radius 2 is 1.85 bits per heavy atom. The summed E-state index contributed by atoms with van der Waals surface area (Å²) in [6, 6.07) is 16.1. The minimum absolute atomic E-state index is 0.224. The number of nitrogens with zero attached hydrogens (tertiary/aromatic N) is 4. The van der Waals surface area contributed by atoms with E-state index in [4.69, 9.17) is 9.73 Å². The Morgan fingerprint density at radius 1 is 1.06 bits per heavy atom. The molecule has 2 aliphatic heterocycles. The van der Waals surface area contributed by atoms with Gasteiger partial charge in [0.1, 0.15) is 6.61 Å². The van der Waals surface area contributed by atoms with Gasteiger partial charge in [-0.2, -0.15) is 0 Å². The highest BCUT2D eigenvalue weighted by Gasteiger charge is 2.25. The highest BCUT2D eigenvalue weighted by atomic mass is 16.6. The van der Waals surface area contributed by atoms with E-state index in [0.717, 1.165) is 40.8 Å². The zero-order chi connectivity index (χ0) is 22.8. The number of carbonyl (C=O) groups excluding carboxylic acids is 1. The topological polar surface area (TPSA) is 70.3 Å². The van der Waals surface area contributed by atoms with E-state index in [1.807, 2.05) is 41.9 Å². The van der Waals surface area contributed by atoms with Crippen molar-refractivity contribution in [2.45, 2.75) is 25.9 Å². The Morgan fingerprint density at radius 3 is 2.64 bits per heavy atom. The number of aliphatic imine (C=N–C) groups is 1. The van der Waals surface area contributed by atoms with Crippen molar-refractivity contribution in [2.24, 2.45) is 12.0 Å². The first-order chi connectivity index (χ1) is 16.1. The van der Waals surface area contributed by atoms with E-state index in [1.165, 1.54) is 18.5 Å². The molecular weight excluding hydrogens is 416 g/mol. The van der Waals surface area contributed by atoms with E-state index >= 15 is 0 Å². The maximum absolute atomic E-state index is 12.6. The van der Waals surface area contributed by atoms with Crippen molar-refractivity contribution in [3.63, 3.8) is 0 Å². The van der Waals surface area contributed by atoms with E-state index in [-0.39, 0.29) is 18.6 Å². The maximum atomic E-state index is 12.6. The van der Waals surface area contributed by atoms with Crippen LogP contribution in [0.25, 0.3) is 10.9 Å². The van der Waals surface area contributed by atoms with E-state index in [2.05, 4.69) is 23.1 Å². The van der Waals surface area contributed by atoms with Crippen LogP contribution in [0.1, 0.15) is 30.4 Å². The number of aromatic nitrogens is 1. The number of benzene rings is 2. The molecule has 33 heavy (non-hydrogen) atoms. The lowest BCUT2D eigenvalue weighted by Gasteiger charge is -2.19. The van der Waals surface area contributed by atoms with Crippen LogP contribution in [0.3, 0.4) is 0 Å². The molecular formula is C26H30N4O3. The zero-order valence-corrected chi connectivity index (χ0v) is 19.0. The second-order valence-corrected chi connectivity index (χ2v) is 8.76. The predicted octanol–water partition coefficient (Wildman–Crippen LogP) is 4.32. The summed E-state index contributed by atoms with van der Waals surface area (Å²) in [6.45, 7) is 3.89. The molecule has 1 amide bonds. The number of hydrogen-bond acceptors (Lipinski definition) is 5. The fourth-order valence-corrected chi connectivity index (χ4v) is 4.81. The summed E-state index contributed by atoms with van der Waals surface area (Å²) in [4.78, 5) is 21.5. The van der Waals surface area contributed by atoms with E-state index < -0.39 is 0 Å². The van der Waals surface area contributed by atoms with E-state index in [1.54, 1.807) is 4.90 Å². The Hall–Kier alpha value is -3.48. The number of hydrogen-bond donors (Lipinski definition) is 1. The number of ether oxygens (including phenoxy) is 1. The number of anilines is 1. The number of rotatable bonds is 4. The first kappa shape index (κ1) is 21.4. The Balaban J connectivity index is 1.33. The quantitative estimate of drug-likeness (QED) is 0.648. The highest BCUT2D eigenvalue weighted by Crippen LogP contribution is 2.35. The van der Waals surface area contributed by atoms with Gasteiger partial charge in [-0.25, -0.2) is 4.79 Å². The molecule has 0 saturated carbocycles. The van der Waals surface area contributed by atoms with Crippen LogP contribution in [0.15, 0.2) is 53.5 Å². The minimum Gasteiger partial charge on any atom is -0.494 e. The molecule has 1 fully saturated rings. The van der Waals surface area contributed by atoms with Gasteiger partial charge in [0.15, 0.2) is 0 Å². The number of amides is 1. The predicted molar refractivity (Wildman–Crippen MR) is 130 cm³/mol. The van der Waals surface area contributed by atoms with Crippen molar-refractivity contribution in [3.05, 3.63) is 59.7 Å². The zero-order valence-electron chi connectivity index (χ0n) is 19.0. The third kappa shape index (κ3) is 4.27. The fraction of sp³-hybridized carbons (Fsp3) is 0.385. The van der Waals surface area contributed by atoms with Crippen LogP contribution >= 0.6 is 0 Å². The molecule has 1 aromatic heterocycles. The normalized spacial score (nSPS) is 16.7. The molecule has 0 aliphatic carbocycles. The van der Waals surface area contributed by atoms with E-state index in [0.29, 0.717) is 26.1 Å². The van der Waals surface area contributed by atoms with Crippen LogP contribution in [0.5, 0.6) is 5.88 Å². The number of carbonyl (C=O) groups is 1. The number of aromatic hydroxyl groups is 1. The van der Waals surface area contributed by atoms with Crippen molar-refractivity contribution in [3.8, 4) is 5.88 Å². The van der Waals surface area contributed by atoms with Crippen LogP contribution in [-0.2, 0) is 18.4 Å². The van der Waals surface area contributed by atoms with Gasteiger partial charge < -0.3 is 24.2 Å². The molecule has 2 aromatic carbocycles. The van der Waals surface area contributed by atoms with Gasteiger partial charge in [0, 0.05) is 56.4 Å². The van der Waals surface area contributed by atoms with Crippen LogP contribution in [-0.4, -0.2) is 59.1 Å². The monoisotopic (exact) mass is 446 g/mol. The summed E-state index contributed by atoms with van der Waals surface area (Å²) in [5.74, 6) is 0.224. The largest absolute Gasteiger partial charge is 0.494 e. The molecule has 0 radical (unpaired) electrons. The van der Waals surface area contributed by atoms with Crippen LogP contribution < -0.4 is 4.90 Å². The molecule has 7 heteroatoms. The van der Waals surface area contributed by atoms with Crippen molar-refractivity contribution < 1.29 is 14.6 Å². The summed E-state index contributed by atoms with van der Waals surface area (Å²) in [5, 5.41) is 12.0. The van der Waals surface area contributed by atoms with Crippen molar-refractivity contribution in [1.82, 2.24) is 9.47 Å². The Labute approximate surface area is 193 Å². The molecule has 1 N–H and O–H groups in total. The summed E-state index contributed by atoms with van der Waals surface area (Å²) >= 11 is 0. The molecule has 2 aliphatic rings. The fourth-order valence-electron chi connectivity index (χ4n) is 4.81. The molecule has 0 unspecified atom stereocenters. The molecule has 0 bridgehead atoms. The Kier molecular flexibility index (Phi) is 5.94. The van der Waals surface area contributed by atoms with Crippen molar-refractivity contribution in [1.29, 1.82) is 0 Å². The van der Waals surface area contributed by atoms with Gasteiger partial charge in [-0.05, 0) is 36.6 Å². The summed E-state index contributed by atoms with van der Waals surface area (Å²) in [6.07, 6.45) is 2.68. The smallest absolute Gasteiger partial charge is 0.410 e.